The second kappa shape index (κ2) is 9.74. The highest BCUT2D eigenvalue weighted by Crippen LogP contribution is 2.38. The SMILES string of the molecule is c1ccc(CN(c2ccccc2)[C@H]2CCN(c3ccccc3)[C@H](c3ccccc3)C2)cc1. The van der Waals surface area contributed by atoms with Gasteiger partial charge in [-0.15, -0.1) is 0 Å². The van der Waals surface area contributed by atoms with Crippen molar-refractivity contribution in [1.29, 1.82) is 0 Å². The molecule has 1 aliphatic rings. The van der Waals surface area contributed by atoms with Gasteiger partial charge in [-0.2, -0.15) is 0 Å². The molecule has 0 radical (unpaired) electrons. The molecule has 0 unspecified atom stereocenters. The van der Waals surface area contributed by atoms with Crippen LogP contribution in [0.3, 0.4) is 0 Å². The first-order chi connectivity index (χ1) is 15.9. The van der Waals surface area contributed by atoms with Crippen LogP contribution in [0.2, 0.25) is 0 Å². The Morgan fingerprint density at radius 2 is 1.22 bits per heavy atom. The quantitative estimate of drug-likeness (QED) is 0.329. The van der Waals surface area contributed by atoms with Crippen LogP contribution < -0.4 is 9.80 Å². The van der Waals surface area contributed by atoms with E-state index in [9.17, 15) is 0 Å². The first-order valence-electron chi connectivity index (χ1n) is 11.6. The average molecular weight is 419 g/mol. The topological polar surface area (TPSA) is 6.48 Å². The van der Waals surface area contributed by atoms with Crippen LogP contribution in [0.25, 0.3) is 0 Å². The number of para-hydroxylation sites is 2. The van der Waals surface area contributed by atoms with Gasteiger partial charge in [-0.25, -0.2) is 0 Å². The zero-order valence-corrected chi connectivity index (χ0v) is 18.4. The third kappa shape index (κ3) is 4.55. The molecule has 0 bridgehead atoms. The molecule has 1 fully saturated rings. The van der Waals surface area contributed by atoms with E-state index in [0.29, 0.717) is 12.1 Å². The van der Waals surface area contributed by atoms with Crippen molar-refractivity contribution in [3.05, 3.63) is 132 Å². The van der Waals surface area contributed by atoms with E-state index in [1.165, 1.54) is 22.5 Å². The van der Waals surface area contributed by atoms with Gasteiger partial charge in [0, 0.05) is 30.5 Å². The summed E-state index contributed by atoms with van der Waals surface area (Å²) in [5, 5.41) is 0. The Kier molecular flexibility index (Phi) is 6.20. The Balaban J connectivity index is 1.48. The molecule has 2 atom stereocenters. The minimum Gasteiger partial charge on any atom is -0.364 e. The van der Waals surface area contributed by atoms with Crippen molar-refractivity contribution in [3.63, 3.8) is 0 Å². The zero-order valence-electron chi connectivity index (χ0n) is 18.4. The Morgan fingerprint density at radius 1 is 0.656 bits per heavy atom. The third-order valence-corrected chi connectivity index (χ3v) is 6.57. The van der Waals surface area contributed by atoms with Crippen molar-refractivity contribution < 1.29 is 0 Å². The predicted octanol–water partition coefficient (Wildman–Crippen LogP) is 7.10. The van der Waals surface area contributed by atoms with E-state index < -0.39 is 0 Å². The normalized spacial score (nSPS) is 18.3. The lowest BCUT2D eigenvalue weighted by Crippen LogP contribution is -2.46. The lowest BCUT2D eigenvalue weighted by Gasteiger charge is -2.45. The van der Waals surface area contributed by atoms with Gasteiger partial charge in [0.15, 0.2) is 0 Å². The van der Waals surface area contributed by atoms with Crippen LogP contribution in [-0.4, -0.2) is 12.6 Å². The fourth-order valence-electron chi connectivity index (χ4n) is 4.98. The van der Waals surface area contributed by atoms with Gasteiger partial charge in [0.1, 0.15) is 0 Å². The van der Waals surface area contributed by atoms with Crippen molar-refractivity contribution in [3.8, 4) is 0 Å². The van der Waals surface area contributed by atoms with Crippen molar-refractivity contribution in [2.24, 2.45) is 0 Å². The fourth-order valence-corrected chi connectivity index (χ4v) is 4.98. The molecule has 2 nitrogen and oxygen atoms in total. The van der Waals surface area contributed by atoms with Gasteiger partial charge >= 0.3 is 0 Å². The minimum atomic E-state index is 0.360. The van der Waals surface area contributed by atoms with Crippen LogP contribution in [-0.2, 0) is 6.54 Å². The van der Waals surface area contributed by atoms with Crippen LogP contribution in [0, 0.1) is 0 Å². The van der Waals surface area contributed by atoms with E-state index in [4.69, 9.17) is 0 Å². The highest BCUT2D eigenvalue weighted by molar-refractivity contribution is 5.52. The molecule has 0 amide bonds. The van der Waals surface area contributed by atoms with E-state index in [0.717, 1.165) is 25.9 Å². The third-order valence-electron chi connectivity index (χ3n) is 6.57. The predicted molar refractivity (Wildman–Crippen MR) is 135 cm³/mol. The van der Waals surface area contributed by atoms with Gasteiger partial charge in [0.2, 0.25) is 0 Å². The Morgan fingerprint density at radius 3 is 1.88 bits per heavy atom. The van der Waals surface area contributed by atoms with Gasteiger partial charge in [-0.3, -0.25) is 0 Å². The summed E-state index contributed by atoms with van der Waals surface area (Å²) in [6.07, 6.45) is 2.24. The van der Waals surface area contributed by atoms with Gasteiger partial charge in [0.25, 0.3) is 0 Å². The van der Waals surface area contributed by atoms with Crippen LogP contribution in [0.4, 0.5) is 11.4 Å². The van der Waals surface area contributed by atoms with Crippen LogP contribution >= 0.6 is 0 Å². The molecule has 0 spiro atoms. The summed E-state index contributed by atoms with van der Waals surface area (Å²) in [6.45, 7) is 1.98. The van der Waals surface area contributed by atoms with Crippen LogP contribution in [0.1, 0.15) is 30.0 Å². The maximum Gasteiger partial charge on any atom is 0.0562 e. The van der Waals surface area contributed by atoms with E-state index in [-0.39, 0.29) is 0 Å². The number of rotatable bonds is 6. The number of hydrogen-bond acceptors (Lipinski definition) is 2. The number of anilines is 2. The first-order valence-corrected chi connectivity index (χ1v) is 11.6. The zero-order chi connectivity index (χ0) is 21.6. The number of hydrogen-bond donors (Lipinski definition) is 0. The molecular weight excluding hydrogens is 388 g/mol. The molecule has 0 N–H and O–H groups in total. The van der Waals surface area contributed by atoms with E-state index in [1.54, 1.807) is 0 Å². The highest BCUT2D eigenvalue weighted by Gasteiger charge is 2.33. The molecule has 0 aliphatic carbocycles. The summed E-state index contributed by atoms with van der Waals surface area (Å²) >= 11 is 0. The summed E-state index contributed by atoms with van der Waals surface area (Å²) in [7, 11) is 0. The lowest BCUT2D eigenvalue weighted by atomic mass is 9.89. The maximum absolute atomic E-state index is 2.62. The number of benzene rings is 4. The Hall–Kier alpha value is -3.52. The molecule has 1 saturated heterocycles. The molecule has 4 aromatic rings. The average Bonchev–Trinajstić information content (AvgIpc) is 2.89. The molecule has 160 valence electrons. The van der Waals surface area contributed by atoms with Crippen molar-refractivity contribution in [2.75, 3.05) is 16.3 Å². The van der Waals surface area contributed by atoms with Gasteiger partial charge in [-0.1, -0.05) is 97.1 Å². The fraction of sp³-hybridized carbons (Fsp3) is 0.200. The van der Waals surface area contributed by atoms with Crippen molar-refractivity contribution in [2.45, 2.75) is 31.5 Å². The lowest BCUT2D eigenvalue weighted by molar-refractivity contribution is 0.395. The summed E-state index contributed by atoms with van der Waals surface area (Å²) in [5.74, 6) is 0. The molecule has 4 aromatic carbocycles. The second-order valence-electron chi connectivity index (χ2n) is 8.58. The molecule has 2 heteroatoms. The first kappa shape index (κ1) is 20.4. The summed E-state index contributed by atoms with van der Waals surface area (Å²) < 4.78 is 0. The Labute approximate surface area is 191 Å². The minimum absolute atomic E-state index is 0.360. The number of nitrogens with zero attached hydrogens (tertiary/aromatic N) is 2. The highest BCUT2D eigenvalue weighted by atomic mass is 15.2. The van der Waals surface area contributed by atoms with E-state index in [2.05, 4.69) is 131 Å². The molecule has 1 aliphatic heterocycles. The van der Waals surface area contributed by atoms with Crippen molar-refractivity contribution >= 4 is 11.4 Å². The molecule has 1 heterocycles. The van der Waals surface area contributed by atoms with E-state index >= 15 is 0 Å². The monoisotopic (exact) mass is 418 g/mol. The molecule has 5 rings (SSSR count). The maximum atomic E-state index is 2.62. The van der Waals surface area contributed by atoms with Gasteiger partial charge in [0.05, 0.1) is 6.04 Å². The molecule has 0 aromatic heterocycles. The summed E-state index contributed by atoms with van der Waals surface area (Å²) in [4.78, 5) is 5.21. The molecule has 0 saturated carbocycles. The molecule has 32 heavy (non-hydrogen) atoms. The van der Waals surface area contributed by atoms with Gasteiger partial charge < -0.3 is 9.80 Å². The standard InChI is InChI=1S/C30H30N2/c1-5-13-25(14-6-1)24-32(28-19-11-4-12-20-28)29-21-22-31(27-17-9-3-10-18-27)30(23-29)26-15-7-2-8-16-26/h1-20,29-30H,21-24H2/t29-,30-/m0/s1. The smallest absolute Gasteiger partial charge is 0.0562 e. The Bertz CT molecular complexity index is 1040. The largest absolute Gasteiger partial charge is 0.364 e. The summed E-state index contributed by atoms with van der Waals surface area (Å²) in [6, 6.07) is 44.5. The van der Waals surface area contributed by atoms with Crippen molar-refractivity contribution in [1.82, 2.24) is 0 Å². The molecular formula is C30H30N2. The van der Waals surface area contributed by atoms with Crippen LogP contribution in [0.5, 0.6) is 0 Å². The van der Waals surface area contributed by atoms with E-state index in [1.807, 2.05) is 0 Å². The van der Waals surface area contributed by atoms with Crippen LogP contribution in [0.15, 0.2) is 121 Å². The second-order valence-corrected chi connectivity index (χ2v) is 8.58. The van der Waals surface area contributed by atoms with Gasteiger partial charge in [-0.05, 0) is 48.2 Å². The number of piperidine rings is 1. The summed E-state index contributed by atoms with van der Waals surface area (Å²) in [5.41, 5.74) is 5.38.